The molecule has 3 nitrogen and oxygen atoms in total. The number of amides is 1. The highest BCUT2D eigenvalue weighted by atomic mass is 16.1. The topological polar surface area (TPSA) is 55.1 Å². The largest absolute Gasteiger partial charge is 0.355 e. The fraction of sp³-hybridized carbons (Fsp3) is 0.917. The van der Waals surface area contributed by atoms with Crippen LogP contribution in [0.15, 0.2) is 0 Å². The van der Waals surface area contributed by atoms with Crippen molar-refractivity contribution in [3.63, 3.8) is 0 Å². The van der Waals surface area contributed by atoms with E-state index < -0.39 is 0 Å². The summed E-state index contributed by atoms with van der Waals surface area (Å²) in [6, 6.07) is 0. The average Bonchev–Trinajstić information content (AvgIpc) is 2.29. The number of rotatable bonds is 6. The lowest BCUT2D eigenvalue weighted by molar-refractivity contribution is -0.119. The minimum atomic E-state index is -0.0346. The average molecular weight is 212 g/mol. The van der Waals surface area contributed by atoms with Crippen molar-refractivity contribution >= 4 is 5.91 Å². The van der Waals surface area contributed by atoms with Crippen molar-refractivity contribution < 1.29 is 4.79 Å². The van der Waals surface area contributed by atoms with Gasteiger partial charge in [-0.1, -0.05) is 44.9 Å². The molecule has 1 aliphatic rings. The molecule has 0 aromatic heterocycles. The standard InChI is InChI=1S/C12H24N2O/c13-10-12(15)14-9-5-4-8-11-6-2-1-3-7-11/h11H,1-10,13H2,(H,14,15). The Hall–Kier alpha value is -0.570. The van der Waals surface area contributed by atoms with E-state index in [2.05, 4.69) is 5.32 Å². The summed E-state index contributed by atoms with van der Waals surface area (Å²) in [7, 11) is 0. The Labute approximate surface area is 92.8 Å². The van der Waals surface area contributed by atoms with Crippen LogP contribution < -0.4 is 11.1 Å². The summed E-state index contributed by atoms with van der Waals surface area (Å²) in [4.78, 5) is 10.8. The van der Waals surface area contributed by atoms with Crippen molar-refractivity contribution in [1.82, 2.24) is 5.32 Å². The molecule has 0 spiro atoms. The molecule has 0 radical (unpaired) electrons. The van der Waals surface area contributed by atoms with Gasteiger partial charge in [0.05, 0.1) is 6.54 Å². The van der Waals surface area contributed by atoms with Gasteiger partial charge in [0, 0.05) is 6.54 Å². The Morgan fingerprint density at radius 2 is 1.93 bits per heavy atom. The molecule has 0 aliphatic heterocycles. The number of nitrogens with two attached hydrogens (primary N) is 1. The van der Waals surface area contributed by atoms with E-state index >= 15 is 0 Å². The van der Waals surface area contributed by atoms with Crippen molar-refractivity contribution in [3.8, 4) is 0 Å². The van der Waals surface area contributed by atoms with Crippen LogP contribution in [0.5, 0.6) is 0 Å². The van der Waals surface area contributed by atoms with Crippen molar-refractivity contribution in [2.45, 2.75) is 51.4 Å². The van der Waals surface area contributed by atoms with Gasteiger partial charge in [-0.3, -0.25) is 4.79 Å². The summed E-state index contributed by atoms with van der Waals surface area (Å²) in [5, 5.41) is 2.81. The van der Waals surface area contributed by atoms with Crippen molar-refractivity contribution in [3.05, 3.63) is 0 Å². The fourth-order valence-electron chi connectivity index (χ4n) is 2.33. The third-order valence-corrected chi connectivity index (χ3v) is 3.27. The summed E-state index contributed by atoms with van der Waals surface area (Å²) in [6.07, 6.45) is 10.8. The summed E-state index contributed by atoms with van der Waals surface area (Å²) in [6.45, 7) is 0.908. The smallest absolute Gasteiger partial charge is 0.233 e. The Morgan fingerprint density at radius 1 is 1.20 bits per heavy atom. The quantitative estimate of drug-likeness (QED) is 0.660. The predicted molar refractivity (Wildman–Crippen MR) is 62.5 cm³/mol. The maximum atomic E-state index is 10.8. The summed E-state index contributed by atoms with van der Waals surface area (Å²) < 4.78 is 0. The van der Waals surface area contributed by atoms with Crippen molar-refractivity contribution in [1.29, 1.82) is 0 Å². The highest BCUT2D eigenvalue weighted by molar-refractivity contribution is 5.77. The molecule has 0 unspecified atom stereocenters. The summed E-state index contributed by atoms with van der Waals surface area (Å²) >= 11 is 0. The molecule has 1 amide bonds. The number of carbonyl (C=O) groups is 1. The zero-order valence-corrected chi connectivity index (χ0v) is 9.63. The minimum Gasteiger partial charge on any atom is -0.355 e. The number of hydrogen-bond donors (Lipinski definition) is 2. The van der Waals surface area contributed by atoms with E-state index in [0.717, 1.165) is 18.9 Å². The van der Waals surface area contributed by atoms with E-state index in [9.17, 15) is 4.79 Å². The van der Waals surface area contributed by atoms with Crippen LogP contribution in [0.3, 0.4) is 0 Å². The molecule has 0 bridgehead atoms. The van der Waals surface area contributed by atoms with Crippen LogP contribution >= 0.6 is 0 Å². The van der Waals surface area contributed by atoms with Gasteiger partial charge in [0.1, 0.15) is 0 Å². The number of nitrogens with one attached hydrogen (secondary N) is 1. The SMILES string of the molecule is NCC(=O)NCCCCC1CCCCC1. The second kappa shape index (κ2) is 7.69. The molecule has 88 valence electrons. The zero-order valence-electron chi connectivity index (χ0n) is 9.63. The van der Waals surface area contributed by atoms with Crippen LogP contribution in [0.1, 0.15) is 51.4 Å². The maximum absolute atomic E-state index is 10.8. The van der Waals surface area contributed by atoms with Crippen LogP contribution in [0.2, 0.25) is 0 Å². The molecule has 1 aliphatic carbocycles. The molecule has 3 heteroatoms. The first kappa shape index (κ1) is 12.5. The monoisotopic (exact) mass is 212 g/mol. The number of carbonyl (C=O) groups excluding carboxylic acids is 1. The Kier molecular flexibility index (Phi) is 6.41. The van der Waals surface area contributed by atoms with Crippen molar-refractivity contribution in [2.75, 3.05) is 13.1 Å². The van der Waals surface area contributed by atoms with Gasteiger partial charge in [0.15, 0.2) is 0 Å². The fourth-order valence-corrected chi connectivity index (χ4v) is 2.33. The second-order valence-corrected chi connectivity index (χ2v) is 4.55. The Balaban J connectivity index is 1.89. The van der Waals surface area contributed by atoms with Gasteiger partial charge >= 0.3 is 0 Å². The molecule has 1 fully saturated rings. The van der Waals surface area contributed by atoms with E-state index in [1.54, 1.807) is 0 Å². The van der Waals surface area contributed by atoms with Crippen LogP contribution in [0.4, 0.5) is 0 Å². The minimum absolute atomic E-state index is 0.0346. The molecular weight excluding hydrogens is 188 g/mol. The third-order valence-electron chi connectivity index (χ3n) is 3.27. The lowest BCUT2D eigenvalue weighted by Gasteiger charge is -2.21. The Bertz CT molecular complexity index is 176. The highest BCUT2D eigenvalue weighted by Gasteiger charge is 2.12. The van der Waals surface area contributed by atoms with Gasteiger partial charge in [-0.05, 0) is 12.3 Å². The molecule has 0 aromatic carbocycles. The van der Waals surface area contributed by atoms with Gasteiger partial charge < -0.3 is 11.1 Å². The van der Waals surface area contributed by atoms with Gasteiger partial charge in [-0.15, -0.1) is 0 Å². The molecule has 1 rings (SSSR count). The van der Waals surface area contributed by atoms with Gasteiger partial charge in [-0.25, -0.2) is 0 Å². The first-order valence-corrected chi connectivity index (χ1v) is 6.29. The van der Waals surface area contributed by atoms with Crippen molar-refractivity contribution in [2.24, 2.45) is 11.7 Å². The maximum Gasteiger partial charge on any atom is 0.233 e. The van der Waals surface area contributed by atoms with Gasteiger partial charge in [0.2, 0.25) is 5.91 Å². The number of hydrogen-bond acceptors (Lipinski definition) is 2. The van der Waals surface area contributed by atoms with Crippen LogP contribution in [0, 0.1) is 5.92 Å². The van der Waals surface area contributed by atoms with Crippen LogP contribution in [-0.4, -0.2) is 19.0 Å². The van der Waals surface area contributed by atoms with Gasteiger partial charge in [-0.2, -0.15) is 0 Å². The Morgan fingerprint density at radius 3 is 2.60 bits per heavy atom. The third kappa shape index (κ3) is 5.78. The molecule has 0 aromatic rings. The first-order chi connectivity index (χ1) is 7.33. The second-order valence-electron chi connectivity index (χ2n) is 4.55. The van der Waals surface area contributed by atoms with Gasteiger partial charge in [0.25, 0.3) is 0 Å². The lowest BCUT2D eigenvalue weighted by Crippen LogP contribution is -2.30. The zero-order chi connectivity index (χ0) is 10.9. The molecular formula is C12H24N2O. The molecule has 0 heterocycles. The summed E-state index contributed by atoms with van der Waals surface area (Å²) in [5.41, 5.74) is 5.19. The summed E-state index contributed by atoms with van der Waals surface area (Å²) in [5.74, 6) is 0.927. The molecule has 15 heavy (non-hydrogen) atoms. The van der Waals surface area contributed by atoms with E-state index in [0.29, 0.717) is 0 Å². The molecule has 1 saturated carbocycles. The number of unbranched alkanes of at least 4 members (excludes halogenated alkanes) is 1. The predicted octanol–water partition coefficient (Wildman–Crippen LogP) is 1.81. The normalized spacial score (nSPS) is 17.7. The molecule has 0 atom stereocenters. The van der Waals surface area contributed by atoms with E-state index in [1.807, 2.05) is 0 Å². The lowest BCUT2D eigenvalue weighted by atomic mass is 9.86. The van der Waals surface area contributed by atoms with Crippen LogP contribution in [-0.2, 0) is 4.79 Å². The van der Waals surface area contributed by atoms with E-state index in [4.69, 9.17) is 5.73 Å². The van der Waals surface area contributed by atoms with E-state index in [-0.39, 0.29) is 12.5 Å². The molecule has 3 N–H and O–H groups in total. The first-order valence-electron chi connectivity index (χ1n) is 6.29. The molecule has 0 saturated heterocycles. The highest BCUT2D eigenvalue weighted by Crippen LogP contribution is 2.27. The van der Waals surface area contributed by atoms with E-state index in [1.165, 1.54) is 44.9 Å². The van der Waals surface area contributed by atoms with Crippen LogP contribution in [0.25, 0.3) is 0 Å².